The Bertz CT molecular complexity index is 281. The van der Waals surface area contributed by atoms with E-state index in [1.54, 1.807) is 0 Å². The molecule has 1 aliphatic heterocycles. The first-order valence-electron chi connectivity index (χ1n) is 6.18. The minimum absolute atomic E-state index is 0.700. The Kier molecular flexibility index (Phi) is 3.79. The molecule has 0 spiro atoms. The van der Waals surface area contributed by atoms with Crippen LogP contribution in [0.25, 0.3) is 0 Å². The second kappa shape index (κ2) is 5.32. The Hall–Kier alpha value is -0.820. The summed E-state index contributed by atoms with van der Waals surface area (Å²) >= 11 is 0. The van der Waals surface area contributed by atoms with E-state index in [9.17, 15) is 0 Å². The van der Waals surface area contributed by atoms with Crippen molar-refractivity contribution >= 4 is 0 Å². The molecule has 15 heavy (non-hydrogen) atoms. The van der Waals surface area contributed by atoms with Crippen molar-refractivity contribution < 1.29 is 0 Å². The summed E-state index contributed by atoms with van der Waals surface area (Å²) in [5, 5.41) is 3.75. The highest BCUT2D eigenvalue weighted by atomic mass is 15.0. The highest BCUT2D eigenvalue weighted by Gasteiger charge is 2.19. The van der Waals surface area contributed by atoms with Crippen LogP contribution in [0.2, 0.25) is 0 Å². The lowest BCUT2D eigenvalue weighted by molar-refractivity contribution is 0.312. The van der Waals surface area contributed by atoms with Crippen molar-refractivity contribution in [3.63, 3.8) is 0 Å². The van der Waals surface area contributed by atoms with Gasteiger partial charge in [0.05, 0.1) is 0 Å². The molecule has 82 valence electrons. The van der Waals surface area contributed by atoms with E-state index >= 15 is 0 Å². The highest BCUT2D eigenvalue weighted by Crippen LogP contribution is 2.17. The average molecular weight is 203 g/mol. The first-order chi connectivity index (χ1) is 7.38. The predicted molar refractivity (Wildman–Crippen MR) is 65.0 cm³/mol. The molecule has 0 radical (unpaired) electrons. The summed E-state index contributed by atoms with van der Waals surface area (Å²) < 4.78 is 0. The summed E-state index contributed by atoms with van der Waals surface area (Å²) in [5.41, 5.74) is 1.46. The van der Waals surface area contributed by atoms with Gasteiger partial charge in [-0.1, -0.05) is 43.7 Å². The van der Waals surface area contributed by atoms with Gasteiger partial charge in [0.2, 0.25) is 0 Å². The zero-order valence-electron chi connectivity index (χ0n) is 9.58. The Morgan fingerprint density at radius 1 is 1.13 bits per heavy atom. The molecule has 1 heterocycles. The van der Waals surface area contributed by atoms with E-state index in [-0.39, 0.29) is 0 Å². The van der Waals surface area contributed by atoms with Gasteiger partial charge in [-0.2, -0.15) is 0 Å². The van der Waals surface area contributed by atoms with Crippen molar-refractivity contribution in [1.82, 2.24) is 5.32 Å². The first kappa shape index (κ1) is 10.7. The molecule has 0 bridgehead atoms. The largest absolute Gasteiger partial charge is 0.311 e. The van der Waals surface area contributed by atoms with E-state index in [1.807, 2.05) is 0 Å². The summed E-state index contributed by atoms with van der Waals surface area (Å²) in [6.07, 6.45) is 6.55. The van der Waals surface area contributed by atoms with E-state index < -0.39 is 0 Å². The molecule has 0 aromatic heterocycles. The quantitative estimate of drug-likeness (QED) is 0.795. The molecule has 1 N–H and O–H groups in total. The molecule has 1 aromatic carbocycles. The van der Waals surface area contributed by atoms with Gasteiger partial charge in [-0.05, 0) is 31.2 Å². The molecule has 0 amide bonds. The molecule has 2 rings (SSSR count). The molecular formula is C14H21N. The lowest BCUT2D eigenvalue weighted by Crippen LogP contribution is -2.42. The van der Waals surface area contributed by atoms with Crippen molar-refractivity contribution in [2.24, 2.45) is 0 Å². The summed E-state index contributed by atoms with van der Waals surface area (Å²) in [5.74, 6) is 0. The molecule has 1 nitrogen and oxygen atoms in total. The zero-order valence-corrected chi connectivity index (χ0v) is 9.58. The van der Waals surface area contributed by atoms with Gasteiger partial charge >= 0.3 is 0 Å². The molecule has 0 saturated carbocycles. The van der Waals surface area contributed by atoms with Crippen molar-refractivity contribution in [1.29, 1.82) is 0 Å². The van der Waals surface area contributed by atoms with Crippen LogP contribution in [0, 0.1) is 0 Å². The molecule has 1 aliphatic rings. The Balaban J connectivity index is 1.89. The van der Waals surface area contributed by atoms with E-state index in [0.29, 0.717) is 6.04 Å². The molecule has 0 aliphatic carbocycles. The van der Waals surface area contributed by atoms with Crippen molar-refractivity contribution in [3.05, 3.63) is 35.9 Å². The number of rotatable bonds is 3. The topological polar surface area (TPSA) is 12.0 Å². The lowest BCUT2D eigenvalue weighted by Gasteiger charge is -2.30. The number of piperidine rings is 1. The SMILES string of the molecule is CCC1CCCC(Cc2ccccc2)N1. The molecule has 1 fully saturated rings. The van der Waals surface area contributed by atoms with Crippen LogP contribution < -0.4 is 5.32 Å². The van der Waals surface area contributed by atoms with Gasteiger partial charge in [-0.3, -0.25) is 0 Å². The second-order valence-corrected chi connectivity index (χ2v) is 4.59. The minimum atomic E-state index is 0.700. The maximum absolute atomic E-state index is 3.75. The van der Waals surface area contributed by atoms with Crippen LogP contribution in [-0.2, 0) is 6.42 Å². The standard InChI is InChI=1S/C14H21N/c1-2-13-9-6-10-14(15-13)11-12-7-4-3-5-8-12/h3-5,7-8,13-15H,2,6,9-11H2,1H3. The van der Waals surface area contributed by atoms with Crippen LogP contribution in [0.1, 0.15) is 38.2 Å². The van der Waals surface area contributed by atoms with Gasteiger partial charge in [0.15, 0.2) is 0 Å². The maximum atomic E-state index is 3.75. The highest BCUT2D eigenvalue weighted by molar-refractivity contribution is 5.16. The van der Waals surface area contributed by atoms with Crippen LogP contribution in [0.4, 0.5) is 0 Å². The fourth-order valence-electron chi connectivity index (χ4n) is 2.49. The zero-order chi connectivity index (χ0) is 10.5. The maximum Gasteiger partial charge on any atom is 0.0110 e. The number of nitrogens with one attached hydrogen (secondary N) is 1. The van der Waals surface area contributed by atoms with Crippen molar-refractivity contribution in [3.8, 4) is 0 Å². The summed E-state index contributed by atoms with van der Waals surface area (Å²) in [4.78, 5) is 0. The predicted octanol–water partition coefficient (Wildman–Crippen LogP) is 3.15. The molecule has 1 heteroatoms. The number of benzene rings is 1. The molecule has 2 atom stereocenters. The Morgan fingerprint density at radius 3 is 2.60 bits per heavy atom. The lowest BCUT2D eigenvalue weighted by atomic mass is 9.93. The first-order valence-corrected chi connectivity index (χ1v) is 6.18. The number of hydrogen-bond acceptors (Lipinski definition) is 1. The monoisotopic (exact) mass is 203 g/mol. The molecular weight excluding hydrogens is 182 g/mol. The van der Waals surface area contributed by atoms with Crippen molar-refractivity contribution in [2.45, 2.75) is 51.1 Å². The van der Waals surface area contributed by atoms with E-state index in [4.69, 9.17) is 0 Å². The Labute approximate surface area is 92.9 Å². The van der Waals surface area contributed by atoms with Crippen molar-refractivity contribution in [2.75, 3.05) is 0 Å². The smallest absolute Gasteiger partial charge is 0.0110 e. The van der Waals surface area contributed by atoms with Crippen LogP contribution in [0.5, 0.6) is 0 Å². The fraction of sp³-hybridized carbons (Fsp3) is 0.571. The number of hydrogen-bond donors (Lipinski definition) is 1. The third-order valence-electron chi connectivity index (χ3n) is 3.39. The van der Waals surface area contributed by atoms with E-state index in [0.717, 1.165) is 6.04 Å². The molecule has 2 unspecified atom stereocenters. The van der Waals surface area contributed by atoms with Crippen LogP contribution in [-0.4, -0.2) is 12.1 Å². The third-order valence-corrected chi connectivity index (χ3v) is 3.39. The van der Waals surface area contributed by atoms with Crippen LogP contribution in [0.15, 0.2) is 30.3 Å². The van der Waals surface area contributed by atoms with Gasteiger partial charge in [-0.15, -0.1) is 0 Å². The molecule has 1 saturated heterocycles. The third kappa shape index (κ3) is 3.07. The summed E-state index contributed by atoms with van der Waals surface area (Å²) in [7, 11) is 0. The average Bonchev–Trinajstić information content (AvgIpc) is 2.31. The summed E-state index contributed by atoms with van der Waals surface area (Å²) in [6, 6.07) is 12.3. The van der Waals surface area contributed by atoms with Crippen LogP contribution in [0.3, 0.4) is 0 Å². The molecule has 1 aromatic rings. The fourth-order valence-corrected chi connectivity index (χ4v) is 2.49. The van der Waals surface area contributed by atoms with Crippen LogP contribution >= 0.6 is 0 Å². The van der Waals surface area contributed by atoms with Gasteiger partial charge < -0.3 is 5.32 Å². The minimum Gasteiger partial charge on any atom is -0.311 e. The van der Waals surface area contributed by atoms with E-state index in [2.05, 4.69) is 42.6 Å². The normalized spacial score (nSPS) is 26.5. The Morgan fingerprint density at radius 2 is 1.87 bits per heavy atom. The van der Waals surface area contributed by atoms with Gasteiger partial charge in [-0.25, -0.2) is 0 Å². The second-order valence-electron chi connectivity index (χ2n) is 4.59. The summed E-state index contributed by atoms with van der Waals surface area (Å²) in [6.45, 7) is 2.28. The van der Waals surface area contributed by atoms with Gasteiger partial charge in [0.25, 0.3) is 0 Å². The van der Waals surface area contributed by atoms with Gasteiger partial charge in [0, 0.05) is 12.1 Å². The van der Waals surface area contributed by atoms with Gasteiger partial charge in [0.1, 0.15) is 0 Å². The van der Waals surface area contributed by atoms with E-state index in [1.165, 1.54) is 37.7 Å².